The van der Waals surface area contributed by atoms with E-state index in [2.05, 4.69) is 16.2 Å². The quantitative estimate of drug-likeness (QED) is 0.860. The lowest BCUT2D eigenvalue weighted by Gasteiger charge is -2.08. The van der Waals surface area contributed by atoms with Crippen molar-refractivity contribution in [1.82, 2.24) is 10.3 Å². The van der Waals surface area contributed by atoms with Crippen molar-refractivity contribution in [2.75, 3.05) is 20.8 Å². The van der Waals surface area contributed by atoms with Gasteiger partial charge in [0.1, 0.15) is 10.7 Å². The van der Waals surface area contributed by atoms with Crippen LogP contribution in [-0.2, 0) is 0 Å². The smallest absolute Gasteiger partial charge is 0.271 e. The minimum absolute atomic E-state index is 0.183. The molecular weight excluding hydrogens is 288 g/mol. The van der Waals surface area contributed by atoms with Crippen molar-refractivity contribution in [3.63, 3.8) is 0 Å². The van der Waals surface area contributed by atoms with E-state index in [1.165, 1.54) is 11.3 Å². The maximum atomic E-state index is 11.8. The number of nitrogens with one attached hydrogen (secondary N) is 1. The normalized spacial score (nSPS) is 9.76. The Morgan fingerprint density at radius 2 is 2.14 bits per heavy atom. The van der Waals surface area contributed by atoms with Gasteiger partial charge in [-0.3, -0.25) is 4.79 Å². The fourth-order valence-electron chi connectivity index (χ4n) is 1.70. The number of hydrogen-bond donors (Lipinski definition) is 1. The standard InChI is InChI=1S/C15H14N2O3S/c1-4-7-16-14(18)11-9-21-15(17-11)10-5-6-12(19-2)13(8-10)20-3/h1,5-6,8-9H,7H2,2-3H3,(H,16,18). The summed E-state index contributed by atoms with van der Waals surface area (Å²) in [6, 6.07) is 5.48. The van der Waals surface area contributed by atoms with Crippen LogP contribution >= 0.6 is 11.3 Å². The molecule has 0 aliphatic rings. The third-order valence-corrected chi connectivity index (χ3v) is 3.61. The van der Waals surface area contributed by atoms with Gasteiger partial charge in [0, 0.05) is 10.9 Å². The number of thiazole rings is 1. The van der Waals surface area contributed by atoms with Crippen molar-refractivity contribution in [2.24, 2.45) is 0 Å². The molecule has 0 unspecified atom stereocenters. The summed E-state index contributed by atoms with van der Waals surface area (Å²) in [6.45, 7) is 0.183. The first-order valence-corrected chi connectivity index (χ1v) is 6.97. The van der Waals surface area contributed by atoms with Crippen molar-refractivity contribution in [3.8, 4) is 34.4 Å². The molecule has 21 heavy (non-hydrogen) atoms. The summed E-state index contributed by atoms with van der Waals surface area (Å²) < 4.78 is 10.4. The third kappa shape index (κ3) is 3.33. The molecule has 1 aromatic carbocycles. The molecule has 0 atom stereocenters. The summed E-state index contributed by atoms with van der Waals surface area (Å²) >= 11 is 1.38. The summed E-state index contributed by atoms with van der Waals surface area (Å²) in [6.07, 6.45) is 5.10. The second kappa shape index (κ2) is 6.77. The number of carbonyl (C=O) groups is 1. The topological polar surface area (TPSA) is 60.5 Å². The van der Waals surface area contributed by atoms with Crippen LogP contribution in [0.4, 0.5) is 0 Å². The number of rotatable bonds is 5. The van der Waals surface area contributed by atoms with Crippen LogP contribution in [0, 0.1) is 12.3 Å². The van der Waals surface area contributed by atoms with Crippen LogP contribution in [0.25, 0.3) is 10.6 Å². The van der Waals surface area contributed by atoms with E-state index in [0.717, 1.165) is 10.6 Å². The van der Waals surface area contributed by atoms with Crippen molar-refractivity contribution in [2.45, 2.75) is 0 Å². The van der Waals surface area contributed by atoms with Crippen LogP contribution in [0.5, 0.6) is 11.5 Å². The van der Waals surface area contributed by atoms with Gasteiger partial charge in [-0.05, 0) is 18.2 Å². The molecular formula is C15H14N2O3S. The highest BCUT2D eigenvalue weighted by atomic mass is 32.1. The number of ether oxygens (including phenoxy) is 2. The molecule has 2 aromatic rings. The molecule has 0 saturated heterocycles. The van der Waals surface area contributed by atoms with E-state index in [9.17, 15) is 4.79 Å². The Hall–Kier alpha value is -2.52. The molecule has 1 amide bonds. The highest BCUT2D eigenvalue weighted by Gasteiger charge is 2.13. The predicted octanol–water partition coefficient (Wildman–Crippen LogP) is 2.19. The Labute approximate surface area is 126 Å². The van der Waals surface area contributed by atoms with E-state index in [0.29, 0.717) is 17.2 Å². The average Bonchev–Trinajstić information content (AvgIpc) is 3.01. The molecule has 108 valence electrons. The monoisotopic (exact) mass is 302 g/mol. The minimum Gasteiger partial charge on any atom is -0.493 e. The van der Waals surface area contributed by atoms with E-state index in [4.69, 9.17) is 15.9 Å². The van der Waals surface area contributed by atoms with Crippen LogP contribution in [-0.4, -0.2) is 31.7 Å². The fourth-order valence-corrected chi connectivity index (χ4v) is 2.50. The van der Waals surface area contributed by atoms with Gasteiger partial charge in [0.15, 0.2) is 11.5 Å². The molecule has 1 aromatic heterocycles. The minimum atomic E-state index is -0.282. The van der Waals surface area contributed by atoms with Gasteiger partial charge in [0.05, 0.1) is 20.8 Å². The van der Waals surface area contributed by atoms with Gasteiger partial charge in [0.2, 0.25) is 0 Å². The Kier molecular flexibility index (Phi) is 4.80. The van der Waals surface area contributed by atoms with Gasteiger partial charge < -0.3 is 14.8 Å². The summed E-state index contributed by atoms with van der Waals surface area (Å²) in [5.41, 5.74) is 1.20. The maximum absolute atomic E-state index is 11.8. The summed E-state index contributed by atoms with van der Waals surface area (Å²) in [4.78, 5) is 16.1. The number of terminal acetylenes is 1. The van der Waals surface area contributed by atoms with Crippen molar-refractivity contribution in [1.29, 1.82) is 0 Å². The Morgan fingerprint density at radius 3 is 2.81 bits per heavy atom. The SMILES string of the molecule is C#CCNC(=O)c1csc(-c2ccc(OC)c(OC)c2)n1. The molecule has 1 N–H and O–H groups in total. The molecule has 0 radical (unpaired) electrons. The molecule has 0 bridgehead atoms. The second-order valence-electron chi connectivity index (χ2n) is 3.99. The largest absolute Gasteiger partial charge is 0.493 e. The molecule has 0 saturated carbocycles. The number of nitrogens with zero attached hydrogens (tertiary/aromatic N) is 1. The van der Waals surface area contributed by atoms with E-state index >= 15 is 0 Å². The molecule has 1 heterocycles. The molecule has 0 aliphatic heterocycles. The van der Waals surface area contributed by atoms with Crippen LogP contribution < -0.4 is 14.8 Å². The average molecular weight is 302 g/mol. The van der Waals surface area contributed by atoms with Crippen molar-refractivity contribution in [3.05, 3.63) is 29.3 Å². The highest BCUT2D eigenvalue weighted by molar-refractivity contribution is 7.13. The van der Waals surface area contributed by atoms with E-state index in [-0.39, 0.29) is 12.5 Å². The third-order valence-electron chi connectivity index (χ3n) is 2.72. The van der Waals surface area contributed by atoms with Crippen molar-refractivity contribution >= 4 is 17.2 Å². The lowest BCUT2D eigenvalue weighted by Crippen LogP contribution is -2.23. The Bertz CT molecular complexity index is 688. The summed E-state index contributed by atoms with van der Waals surface area (Å²) in [5, 5.41) is 4.99. The summed E-state index contributed by atoms with van der Waals surface area (Å²) in [7, 11) is 3.15. The van der Waals surface area contributed by atoms with E-state index < -0.39 is 0 Å². The Morgan fingerprint density at radius 1 is 1.38 bits per heavy atom. The number of amides is 1. The molecule has 0 aliphatic carbocycles. The highest BCUT2D eigenvalue weighted by Crippen LogP contribution is 2.33. The van der Waals surface area contributed by atoms with Gasteiger partial charge in [-0.1, -0.05) is 5.92 Å². The lowest BCUT2D eigenvalue weighted by atomic mass is 10.2. The fraction of sp³-hybridized carbons (Fsp3) is 0.200. The van der Waals surface area contributed by atoms with Gasteiger partial charge in [0.25, 0.3) is 5.91 Å². The van der Waals surface area contributed by atoms with E-state index in [1.54, 1.807) is 25.7 Å². The number of aromatic nitrogens is 1. The molecule has 0 spiro atoms. The molecule has 2 rings (SSSR count). The first-order chi connectivity index (χ1) is 10.2. The number of methoxy groups -OCH3 is 2. The molecule has 6 heteroatoms. The van der Waals surface area contributed by atoms with Crippen LogP contribution in [0.3, 0.4) is 0 Å². The van der Waals surface area contributed by atoms with Gasteiger partial charge >= 0.3 is 0 Å². The van der Waals surface area contributed by atoms with Crippen LogP contribution in [0.15, 0.2) is 23.6 Å². The first-order valence-electron chi connectivity index (χ1n) is 6.09. The van der Waals surface area contributed by atoms with Gasteiger partial charge in [-0.15, -0.1) is 17.8 Å². The van der Waals surface area contributed by atoms with Gasteiger partial charge in [-0.2, -0.15) is 0 Å². The maximum Gasteiger partial charge on any atom is 0.271 e. The predicted molar refractivity (Wildman–Crippen MR) is 81.8 cm³/mol. The van der Waals surface area contributed by atoms with Crippen molar-refractivity contribution < 1.29 is 14.3 Å². The molecule has 5 nitrogen and oxygen atoms in total. The molecule has 0 fully saturated rings. The zero-order valence-corrected chi connectivity index (χ0v) is 12.5. The van der Waals surface area contributed by atoms with Crippen LogP contribution in [0.2, 0.25) is 0 Å². The number of hydrogen-bond acceptors (Lipinski definition) is 5. The zero-order valence-electron chi connectivity index (χ0n) is 11.7. The van der Waals surface area contributed by atoms with Crippen LogP contribution in [0.1, 0.15) is 10.5 Å². The second-order valence-corrected chi connectivity index (χ2v) is 4.85. The first kappa shape index (κ1) is 14.9. The number of benzene rings is 1. The van der Waals surface area contributed by atoms with E-state index in [1.807, 2.05) is 12.1 Å². The lowest BCUT2D eigenvalue weighted by molar-refractivity contribution is 0.0954. The zero-order chi connectivity index (χ0) is 15.2. The van der Waals surface area contributed by atoms with Gasteiger partial charge in [-0.25, -0.2) is 4.98 Å². The Balaban J connectivity index is 2.25. The number of carbonyl (C=O) groups excluding carboxylic acids is 1. The summed E-state index contributed by atoms with van der Waals surface area (Å²) in [5.74, 6) is 3.32.